The van der Waals surface area contributed by atoms with Crippen LogP contribution in [0.5, 0.6) is 0 Å². The van der Waals surface area contributed by atoms with Gasteiger partial charge in [0, 0.05) is 20.8 Å². The fraction of sp³-hybridized carbons (Fsp3) is 0.500. The Bertz CT molecular complexity index is 417. The second kappa shape index (κ2) is 6.39. The molecule has 2 unspecified atom stereocenters. The van der Waals surface area contributed by atoms with Gasteiger partial charge in [0.1, 0.15) is 6.10 Å². The molecule has 98 valence electrons. The van der Waals surface area contributed by atoms with Crippen molar-refractivity contribution in [1.29, 1.82) is 0 Å². The van der Waals surface area contributed by atoms with E-state index in [0.29, 0.717) is 6.54 Å². The molecule has 1 saturated heterocycles. The summed E-state index contributed by atoms with van der Waals surface area (Å²) in [5.74, 6) is -0.0482. The number of nitrogens with zero attached hydrogens (tertiary/aromatic N) is 1. The van der Waals surface area contributed by atoms with Crippen molar-refractivity contribution in [3.8, 4) is 0 Å². The molecule has 18 heavy (non-hydrogen) atoms. The normalized spacial score (nSPS) is 23.7. The average Bonchev–Trinajstić information content (AvgIpc) is 2.39. The minimum Gasteiger partial charge on any atom is -0.374 e. The fourth-order valence-corrected chi connectivity index (χ4v) is 2.15. The van der Waals surface area contributed by atoms with Gasteiger partial charge >= 0.3 is 0 Å². The Labute approximate surface area is 108 Å². The van der Waals surface area contributed by atoms with Gasteiger partial charge in [-0.05, 0) is 18.6 Å². The molecule has 0 aromatic heterocycles. The molecule has 0 bridgehead atoms. The largest absolute Gasteiger partial charge is 0.374 e. The molecule has 0 N–H and O–H groups in total. The summed E-state index contributed by atoms with van der Waals surface area (Å²) in [5.41, 5.74) is 6.32. The number of hydrogen-bond donors (Lipinski definition) is 0. The number of ether oxygens (including phenoxy) is 2. The third kappa shape index (κ3) is 2.47. The van der Waals surface area contributed by atoms with E-state index >= 15 is 0 Å². The molecule has 1 aliphatic rings. The van der Waals surface area contributed by atoms with Gasteiger partial charge < -0.3 is 14.4 Å². The lowest BCUT2D eigenvalue weighted by molar-refractivity contribution is -0.178. The van der Waals surface area contributed by atoms with Crippen LogP contribution in [-0.4, -0.2) is 49.8 Å². The molecule has 1 amide bonds. The van der Waals surface area contributed by atoms with Crippen LogP contribution in [0.15, 0.2) is 36.3 Å². The summed E-state index contributed by atoms with van der Waals surface area (Å²) in [6.45, 7) is 9.43. The summed E-state index contributed by atoms with van der Waals surface area (Å²) in [7, 11) is 3.12. The van der Waals surface area contributed by atoms with E-state index in [9.17, 15) is 4.79 Å². The van der Waals surface area contributed by atoms with Gasteiger partial charge in [0.15, 0.2) is 6.10 Å². The number of likely N-dealkylation sites (tertiary alicyclic amines) is 1. The van der Waals surface area contributed by atoms with Gasteiger partial charge in [-0.3, -0.25) is 4.79 Å². The van der Waals surface area contributed by atoms with Crippen molar-refractivity contribution in [3.63, 3.8) is 0 Å². The highest BCUT2D eigenvalue weighted by Gasteiger charge is 2.51. The van der Waals surface area contributed by atoms with Crippen LogP contribution in [0.2, 0.25) is 0 Å². The van der Waals surface area contributed by atoms with Crippen LogP contribution >= 0.6 is 0 Å². The van der Waals surface area contributed by atoms with Crippen LogP contribution in [0.25, 0.3) is 0 Å². The smallest absolute Gasteiger partial charge is 0.254 e. The number of β-lactam (4-membered cyclic amide) rings is 1. The van der Waals surface area contributed by atoms with Crippen molar-refractivity contribution >= 4 is 5.91 Å². The maximum absolute atomic E-state index is 11.9. The Morgan fingerprint density at radius 3 is 2.67 bits per heavy atom. The second-order valence-corrected chi connectivity index (χ2v) is 4.06. The highest BCUT2D eigenvalue weighted by atomic mass is 16.5. The molecule has 4 heteroatoms. The zero-order chi connectivity index (χ0) is 13.7. The third-order valence-electron chi connectivity index (χ3n) is 3.15. The second-order valence-electron chi connectivity index (χ2n) is 4.06. The summed E-state index contributed by atoms with van der Waals surface area (Å²) in [6, 6.07) is -0.161. The van der Waals surface area contributed by atoms with Crippen molar-refractivity contribution in [1.82, 2.24) is 4.90 Å². The van der Waals surface area contributed by atoms with Gasteiger partial charge in [0.25, 0.3) is 5.91 Å². The highest BCUT2D eigenvalue weighted by molar-refractivity contribution is 5.89. The van der Waals surface area contributed by atoms with Gasteiger partial charge in [-0.2, -0.15) is 0 Å². The molecule has 0 aromatic rings. The summed E-state index contributed by atoms with van der Waals surface area (Å²) >= 11 is 0. The molecule has 1 heterocycles. The molecule has 0 spiro atoms. The SMILES string of the molecule is C=C=CCN1C(=O)C(OC)C1[C@H](OC)C(C)=C=C. The Hall–Kier alpha value is -1.57. The van der Waals surface area contributed by atoms with E-state index in [1.54, 1.807) is 18.1 Å². The maximum Gasteiger partial charge on any atom is 0.254 e. The highest BCUT2D eigenvalue weighted by Crippen LogP contribution is 2.29. The van der Waals surface area contributed by atoms with Gasteiger partial charge in [-0.1, -0.05) is 13.2 Å². The zero-order valence-electron chi connectivity index (χ0n) is 11.1. The molecule has 4 nitrogen and oxygen atoms in total. The van der Waals surface area contributed by atoms with Gasteiger partial charge in [0.05, 0.1) is 6.04 Å². The van der Waals surface area contributed by atoms with E-state index in [4.69, 9.17) is 9.47 Å². The lowest BCUT2D eigenvalue weighted by Crippen LogP contribution is -2.69. The van der Waals surface area contributed by atoms with Crippen LogP contribution in [0.4, 0.5) is 0 Å². The standard InChI is InChI=1S/C14H19NO3/c1-6-8-9-15-11(13(18-5)14(15)16)12(17-4)10(3)7-2/h8,11-13H,1-2,9H2,3-5H3/t11?,12-,13?/m1/s1. The fourth-order valence-electron chi connectivity index (χ4n) is 2.15. The van der Waals surface area contributed by atoms with Crippen molar-refractivity contribution in [2.45, 2.75) is 25.2 Å². The van der Waals surface area contributed by atoms with Crippen LogP contribution < -0.4 is 0 Å². The Morgan fingerprint density at radius 2 is 2.22 bits per heavy atom. The molecule has 0 aromatic carbocycles. The minimum atomic E-state index is -0.475. The third-order valence-corrected chi connectivity index (χ3v) is 3.15. The maximum atomic E-state index is 11.9. The van der Waals surface area contributed by atoms with Crippen LogP contribution in [0.1, 0.15) is 6.92 Å². The van der Waals surface area contributed by atoms with Crippen LogP contribution in [0.3, 0.4) is 0 Å². The monoisotopic (exact) mass is 249 g/mol. The predicted molar refractivity (Wildman–Crippen MR) is 69.1 cm³/mol. The average molecular weight is 249 g/mol. The Morgan fingerprint density at radius 1 is 1.56 bits per heavy atom. The van der Waals surface area contributed by atoms with Gasteiger partial charge in [-0.15, -0.1) is 11.5 Å². The number of carbonyl (C=O) groups is 1. The first-order valence-electron chi connectivity index (χ1n) is 5.69. The molecular weight excluding hydrogens is 230 g/mol. The van der Waals surface area contributed by atoms with E-state index in [1.165, 1.54) is 7.11 Å². The van der Waals surface area contributed by atoms with E-state index in [1.807, 2.05) is 6.92 Å². The number of amides is 1. The van der Waals surface area contributed by atoms with Crippen LogP contribution in [-0.2, 0) is 14.3 Å². The molecule has 1 aliphatic heterocycles. The predicted octanol–water partition coefficient (Wildman–Crippen LogP) is 1.30. The van der Waals surface area contributed by atoms with Crippen molar-refractivity contribution in [3.05, 3.63) is 36.3 Å². The molecule has 0 aliphatic carbocycles. The number of hydrogen-bond acceptors (Lipinski definition) is 3. The molecule has 3 atom stereocenters. The quantitative estimate of drug-likeness (QED) is 0.526. The van der Waals surface area contributed by atoms with Crippen molar-refractivity contribution in [2.75, 3.05) is 20.8 Å². The molecule has 1 rings (SSSR count). The van der Waals surface area contributed by atoms with E-state index in [2.05, 4.69) is 24.6 Å². The first-order chi connectivity index (χ1) is 8.62. The molecular formula is C14H19NO3. The van der Waals surface area contributed by atoms with Gasteiger partial charge in [-0.25, -0.2) is 0 Å². The van der Waals surface area contributed by atoms with E-state index < -0.39 is 6.10 Å². The molecule has 0 radical (unpaired) electrons. The van der Waals surface area contributed by atoms with Gasteiger partial charge in [0.2, 0.25) is 0 Å². The first-order valence-corrected chi connectivity index (χ1v) is 5.69. The van der Waals surface area contributed by atoms with Crippen LogP contribution in [0, 0.1) is 0 Å². The summed E-state index contributed by atoms with van der Waals surface area (Å²) < 4.78 is 10.7. The number of carbonyl (C=O) groups excluding carboxylic acids is 1. The van der Waals surface area contributed by atoms with Crippen molar-refractivity contribution in [2.24, 2.45) is 0 Å². The Balaban J connectivity index is 2.95. The molecule has 1 fully saturated rings. The van der Waals surface area contributed by atoms with Crippen molar-refractivity contribution < 1.29 is 14.3 Å². The lowest BCUT2D eigenvalue weighted by Gasteiger charge is -2.48. The summed E-state index contributed by atoms with van der Waals surface area (Å²) in [6.07, 6.45) is 0.969. The summed E-state index contributed by atoms with van der Waals surface area (Å²) in [5, 5.41) is 0. The zero-order valence-corrected chi connectivity index (χ0v) is 11.1. The lowest BCUT2D eigenvalue weighted by atomic mass is 9.89. The molecule has 0 saturated carbocycles. The number of rotatable bonds is 6. The summed E-state index contributed by atoms with van der Waals surface area (Å²) in [4.78, 5) is 13.6. The first kappa shape index (κ1) is 14.5. The van der Waals surface area contributed by atoms with E-state index in [0.717, 1.165) is 5.57 Å². The number of methoxy groups -OCH3 is 2. The Kier molecular flexibility index (Phi) is 5.14. The van der Waals surface area contributed by atoms with E-state index in [-0.39, 0.29) is 18.1 Å². The topological polar surface area (TPSA) is 38.8 Å². The minimum absolute atomic E-state index is 0.0482.